The number of hydrogen-bond acceptors (Lipinski definition) is 4. The van der Waals surface area contributed by atoms with Gasteiger partial charge in [0.25, 0.3) is 0 Å². The molecule has 1 heterocycles. The van der Waals surface area contributed by atoms with Crippen molar-refractivity contribution in [1.82, 2.24) is 14.9 Å². The first kappa shape index (κ1) is 24.1. The van der Waals surface area contributed by atoms with E-state index in [0.29, 0.717) is 11.8 Å². The van der Waals surface area contributed by atoms with Crippen LogP contribution >= 0.6 is 23.2 Å². The van der Waals surface area contributed by atoms with E-state index in [9.17, 15) is 4.79 Å². The fraction of sp³-hybridized carbons (Fsp3) is 0.333. The molecule has 0 aliphatic rings. The monoisotopic (exact) mass is 474 g/mol. The van der Waals surface area contributed by atoms with E-state index in [1.54, 1.807) is 6.08 Å². The number of hydrogen-bond donors (Lipinski definition) is 2. The minimum atomic E-state index is -0.947. The predicted molar refractivity (Wildman–Crippen MR) is 133 cm³/mol. The van der Waals surface area contributed by atoms with E-state index in [2.05, 4.69) is 33.0 Å². The van der Waals surface area contributed by atoms with Gasteiger partial charge in [0.1, 0.15) is 5.82 Å². The molecule has 8 heteroatoms. The first-order chi connectivity index (χ1) is 15.5. The zero-order chi connectivity index (χ0) is 22.9. The molecule has 0 spiro atoms. The van der Waals surface area contributed by atoms with Gasteiger partial charge in [-0.3, -0.25) is 0 Å². The number of alkyl halides is 2. The third-order valence-corrected chi connectivity index (χ3v) is 5.62. The van der Waals surface area contributed by atoms with Crippen molar-refractivity contribution >= 4 is 52.0 Å². The highest BCUT2D eigenvalue weighted by molar-refractivity contribution is 6.18. The summed E-state index contributed by atoms with van der Waals surface area (Å²) in [6, 6.07) is 14.1. The number of benzene rings is 2. The quantitative estimate of drug-likeness (QED) is 0.232. The van der Waals surface area contributed by atoms with Crippen molar-refractivity contribution in [3.05, 3.63) is 65.5 Å². The van der Waals surface area contributed by atoms with Crippen molar-refractivity contribution in [2.75, 3.05) is 36.3 Å². The van der Waals surface area contributed by atoms with Gasteiger partial charge in [0.05, 0.1) is 11.0 Å². The number of carboxylic acid groups (broad SMARTS) is 1. The molecule has 32 heavy (non-hydrogen) atoms. The maximum atomic E-state index is 10.6. The Morgan fingerprint density at radius 2 is 1.88 bits per heavy atom. The van der Waals surface area contributed by atoms with E-state index in [4.69, 9.17) is 33.3 Å². The summed E-state index contributed by atoms with van der Waals surface area (Å²) < 4.78 is 2.14. The van der Waals surface area contributed by atoms with Crippen LogP contribution in [0.5, 0.6) is 0 Å². The summed E-state index contributed by atoms with van der Waals surface area (Å²) in [7, 11) is 2.04. The first-order valence-electron chi connectivity index (χ1n) is 10.5. The molecule has 2 N–H and O–H groups in total. The number of anilines is 1. The summed E-state index contributed by atoms with van der Waals surface area (Å²) in [5.74, 6) is 1.18. The van der Waals surface area contributed by atoms with Crippen molar-refractivity contribution in [3.63, 3.8) is 0 Å². The number of rotatable bonds is 12. The minimum absolute atomic E-state index is 0.551. The maximum absolute atomic E-state index is 10.6. The Hall–Kier alpha value is -2.54. The number of nitrogens with zero attached hydrogens (tertiary/aromatic N) is 3. The Morgan fingerprint density at radius 3 is 2.53 bits per heavy atom. The molecule has 0 unspecified atom stereocenters. The molecule has 1 aromatic heterocycles. The second-order valence-electron chi connectivity index (χ2n) is 7.47. The number of aryl methyl sites for hydroxylation is 1. The molecule has 0 saturated heterocycles. The number of fused-ring (bicyclic) bond motifs is 1. The number of carbonyl (C=O) groups is 1. The first-order valence-corrected chi connectivity index (χ1v) is 11.6. The van der Waals surface area contributed by atoms with Crippen LogP contribution in [0.2, 0.25) is 0 Å². The molecule has 0 aliphatic heterocycles. The van der Waals surface area contributed by atoms with Gasteiger partial charge >= 0.3 is 5.97 Å². The minimum Gasteiger partial charge on any atom is -0.478 e. The summed E-state index contributed by atoms with van der Waals surface area (Å²) in [5, 5.41) is 12.1. The van der Waals surface area contributed by atoms with Crippen molar-refractivity contribution in [1.29, 1.82) is 0 Å². The van der Waals surface area contributed by atoms with Crippen molar-refractivity contribution in [2.24, 2.45) is 7.05 Å². The number of carboxylic acids is 1. The fourth-order valence-electron chi connectivity index (χ4n) is 3.58. The lowest BCUT2D eigenvalue weighted by Crippen LogP contribution is -2.27. The van der Waals surface area contributed by atoms with Gasteiger partial charge in [-0.1, -0.05) is 24.3 Å². The molecular weight excluding hydrogens is 447 g/mol. The van der Waals surface area contributed by atoms with Crippen LogP contribution in [-0.4, -0.2) is 52.0 Å². The third kappa shape index (κ3) is 6.48. The molecule has 2 aromatic carbocycles. The van der Waals surface area contributed by atoms with Crippen LogP contribution in [0.1, 0.15) is 17.0 Å². The maximum Gasteiger partial charge on any atom is 0.328 e. The molecule has 0 aliphatic carbocycles. The summed E-state index contributed by atoms with van der Waals surface area (Å²) in [5.41, 5.74) is 5.17. The SMILES string of the molecule is Cn1c(CCNCc2ccc(C=CC(=O)O)cc2)nc2cc(N(CCCl)CCCl)ccc21. The lowest BCUT2D eigenvalue weighted by atomic mass is 10.1. The number of aromatic nitrogens is 2. The van der Waals surface area contributed by atoms with Gasteiger partial charge in [0.15, 0.2) is 0 Å². The highest BCUT2D eigenvalue weighted by atomic mass is 35.5. The Labute approximate surface area is 198 Å². The lowest BCUT2D eigenvalue weighted by molar-refractivity contribution is -0.131. The number of imidazole rings is 1. The summed E-state index contributed by atoms with van der Waals surface area (Å²) in [4.78, 5) is 17.6. The zero-order valence-electron chi connectivity index (χ0n) is 18.1. The summed E-state index contributed by atoms with van der Waals surface area (Å²) in [6.45, 7) is 3.04. The van der Waals surface area contributed by atoms with Gasteiger partial charge in [0.2, 0.25) is 0 Å². The van der Waals surface area contributed by atoms with Gasteiger partial charge in [-0.15, -0.1) is 23.2 Å². The van der Waals surface area contributed by atoms with Crippen molar-refractivity contribution in [3.8, 4) is 0 Å². The Kier molecular flexibility index (Phi) is 8.97. The van der Waals surface area contributed by atoms with E-state index in [-0.39, 0.29) is 0 Å². The highest BCUT2D eigenvalue weighted by Crippen LogP contribution is 2.23. The standard InChI is InChI=1S/C24H28Cl2N4O2/c1-29-22-8-7-20(30(14-11-25)15-12-26)16-21(22)28-23(29)10-13-27-17-19-4-2-18(3-5-19)6-9-24(31)32/h2-9,16,27H,10-15,17H2,1H3,(H,31,32). The van der Waals surface area contributed by atoms with Crippen LogP contribution in [0.3, 0.4) is 0 Å². The molecule has 170 valence electrons. The topological polar surface area (TPSA) is 70.4 Å². The van der Waals surface area contributed by atoms with Crippen LogP contribution in [-0.2, 0) is 24.8 Å². The smallest absolute Gasteiger partial charge is 0.328 e. The molecule has 3 aromatic rings. The van der Waals surface area contributed by atoms with E-state index < -0.39 is 5.97 Å². The highest BCUT2D eigenvalue weighted by Gasteiger charge is 2.11. The van der Waals surface area contributed by atoms with E-state index in [1.807, 2.05) is 31.3 Å². The van der Waals surface area contributed by atoms with Crippen LogP contribution in [0, 0.1) is 0 Å². The molecule has 0 atom stereocenters. The molecule has 0 fully saturated rings. The molecule has 0 saturated carbocycles. The van der Waals surface area contributed by atoms with Crippen LogP contribution in [0.15, 0.2) is 48.5 Å². The van der Waals surface area contributed by atoms with Crippen LogP contribution in [0.4, 0.5) is 5.69 Å². The van der Waals surface area contributed by atoms with Gasteiger partial charge in [-0.2, -0.15) is 0 Å². The Balaban J connectivity index is 1.58. The van der Waals surface area contributed by atoms with Crippen molar-refractivity contribution < 1.29 is 9.90 Å². The van der Waals surface area contributed by atoms with Crippen molar-refractivity contribution in [2.45, 2.75) is 13.0 Å². The predicted octanol–water partition coefficient (Wildman–Crippen LogP) is 4.29. The molecular formula is C24H28Cl2N4O2. The summed E-state index contributed by atoms with van der Waals surface area (Å²) >= 11 is 11.9. The second-order valence-corrected chi connectivity index (χ2v) is 8.22. The van der Waals surface area contributed by atoms with E-state index in [1.165, 1.54) is 0 Å². The second kappa shape index (κ2) is 11.9. The normalized spacial score (nSPS) is 11.5. The van der Waals surface area contributed by atoms with Crippen LogP contribution < -0.4 is 10.2 Å². The Morgan fingerprint density at radius 1 is 1.16 bits per heavy atom. The van der Waals surface area contributed by atoms with Gasteiger partial charge in [-0.05, 0) is 35.4 Å². The Bertz CT molecular complexity index is 1060. The number of halogens is 2. The largest absolute Gasteiger partial charge is 0.478 e. The molecule has 0 amide bonds. The van der Waals surface area contributed by atoms with E-state index >= 15 is 0 Å². The average molecular weight is 475 g/mol. The summed E-state index contributed by atoms with van der Waals surface area (Å²) in [6.07, 6.45) is 3.54. The van der Waals surface area contributed by atoms with E-state index in [0.717, 1.165) is 72.3 Å². The molecule has 0 radical (unpaired) electrons. The lowest BCUT2D eigenvalue weighted by Gasteiger charge is -2.22. The van der Waals surface area contributed by atoms with Gasteiger partial charge < -0.3 is 19.9 Å². The van der Waals surface area contributed by atoms with Crippen LogP contribution in [0.25, 0.3) is 17.1 Å². The molecule has 6 nitrogen and oxygen atoms in total. The zero-order valence-corrected chi connectivity index (χ0v) is 19.6. The average Bonchev–Trinajstić information content (AvgIpc) is 3.10. The van der Waals surface area contributed by atoms with Gasteiger partial charge in [-0.25, -0.2) is 9.78 Å². The fourth-order valence-corrected chi connectivity index (χ4v) is 3.99. The van der Waals surface area contributed by atoms with Gasteiger partial charge in [0, 0.05) is 63.2 Å². The molecule has 3 rings (SSSR count). The molecule has 0 bridgehead atoms. The third-order valence-electron chi connectivity index (χ3n) is 5.28. The number of nitrogens with one attached hydrogen (secondary N) is 1. The number of aliphatic carboxylic acids is 1.